The van der Waals surface area contributed by atoms with E-state index >= 15 is 0 Å². The number of likely N-dealkylation sites (tertiary alicyclic amines) is 1. The maximum atomic E-state index is 4.77. The van der Waals surface area contributed by atoms with E-state index in [1.807, 2.05) is 18.5 Å². The van der Waals surface area contributed by atoms with E-state index in [9.17, 15) is 0 Å². The third-order valence-electron chi connectivity index (χ3n) is 5.41. The van der Waals surface area contributed by atoms with Gasteiger partial charge in [-0.05, 0) is 45.4 Å². The molecule has 3 aliphatic rings. The van der Waals surface area contributed by atoms with Gasteiger partial charge in [-0.1, -0.05) is 0 Å². The van der Waals surface area contributed by atoms with Crippen LogP contribution in [0.25, 0.3) is 0 Å². The minimum atomic E-state index is 0. The van der Waals surface area contributed by atoms with Gasteiger partial charge in [-0.15, -0.1) is 34.2 Å². The fraction of sp³-hybridized carbons (Fsp3) is 0.824. The third kappa shape index (κ3) is 5.06. The maximum Gasteiger partial charge on any atom is 0.192 e. The van der Waals surface area contributed by atoms with E-state index in [-0.39, 0.29) is 24.0 Å². The van der Waals surface area contributed by atoms with Crippen LogP contribution in [-0.2, 0) is 13.6 Å². The Labute approximate surface area is 167 Å². The number of halogens is 1. The van der Waals surface area contributed by atoms with Crippen molar-refractivity contribution in [3.05, 3.63) is 11.6 Å². The SMILES string of the molecule is Cc1nnc(CN=C(NC2CC2)NC2CCN(C3CC3)CC2)n1C.I. The number of rotatable bonds is 5. The molecule has 25 heavy (non-hydrogen) atoms. The number of piperidine rings is 1. The molecule has 0 spiro atoms. The molecule has 0 aromatic carbocycles. The standard InChI is InChI=1S/C17H29N7.HI/c1-12-21-22-16(23(12)2)11-18-17(19-13-3-4-13)20-14-7-9-24(10-8-14)15-5-6-15;/h13-15H,3-11H2,1-2H3,(H2,18,19,20);1H. The second-order valence-corrected chi connectivity index (χ2v) is 7.49. The summed E-state index contributed by atoms with van der Waals surface area (Å²) in [6.45, 7) is 4.98. The molecule has 1 aromatic rings. The van der Waals surface area contributed by atoms with E-state index in [0.717, 1.165) is 23.7 Å². The molecule has 0 bridgehead atoms. The highest BCUT2D eigenvalue weighted by Gasteiger charge is 2.32. The predicted molar refractivity (Wildman–Crippen MR) is 109 cm³/mol. The lowest BCUT2D eigenvalue weighted by Gasteiger charge is -2.33. The largest absolute Gasteiger partial charge is 0.354 e. The van der Waals surface area contributed by atoms with Crippen molar-refractivity contribution in [1.82, 2.24) is 30.3 Å². The quantitative estimate of drug-likeness (QED) is 0.398. The summed E-state index contributed by atoms with van der Waals surface area (Å²) in [6, 6.07) is 2.03. The second-order valence-electron chi connectivity index (χ2n) is 7.49. The highest BCUT2D eigenvalue weighted by atomic mass is 127. The normalized spacial score (nSPS) is 22.6. The van der Waals surface area contributed by atoms with E-state index in [2.05, 4.69) is 25.7 Å². The van der Waals surface area contributed by atoms with Gasteiger partial charge >= 0.3 is 0 Å². The Kier molecular flexibility index (Phi) is 6.19. The molecule has 1 aliphatic heterocycles. The molecule has 0 unspecified atom stereocenters. The number of aryl methyl sites for hydroxylation is 1. The van der Waals surface area contributed by atoms with E-state index in [4.69, 9.17) is 4.99 Å². The fourth-order valence-electron chi connectivity index (χ4n) is 3.33. The lowest BCUT2D eigenvalue weighted by molar-refractivity contribution is 0.197. The molecule has 1 aromatic heterocycles. The number of nitrogens with zero attached hydrogens (tertiary/aromatic N) is 5. The smallest absolute Gasteiger partial charge is 0.192 e. The molecule has 0 amide bonds. The van der Waals surface area contributed by atoms with Gasteiger partial charge < -0.3 is 20.1 Å². The Hall–Kier alpha value is -0.900. The van der Waals surface area contributed by atoms with Crippen LogP contribution in [0.15, 0.2) is 4.99 Å². The molecule has 4 rings (SSSR count). The summed E-state index contributed by atoms with van der Waals surface area (Å²) in [5.74, 6) is 2.79. The molecule has 2 heterocycles. The van der Waals surface area contributed by atoms with Gasteiger partial charge in [0.1, 0.15) is 12.4 Å². The first-order valence-electron chi connectivity index (χ1n) is 9.35. The molecule has 2 aliphatic carbocycles. The summed E-state index contributed by atoms with van der Waals surface area (Å²) >= 11 is 0. The number of hydrogen-bond donors (Lipinski definition) is 2. The Balaban J connectivity index is 0.00000182. The molecule has 140 valence electrons. The average Bonchev–Trinajstić information content (AvgIpc) is 3.49. The van der Waals surface area contributed by atoms with Gasteiger partial charge in [0.05, 0.1) is 0 Å². The molecule has 0 atom stereocenters. The second kappa shape index (κ2) is 8.20. The van der Waals surface area contributed by atoms with Crippen LogP contribution in [0.4, 0.5) is 0 Å². The van der Waals surface area contributed by atoms with Crippen molar-refractivity contribution in [3.8, 4) is 0 Å². The van der Waals surface area contributed by atoms with Crippen molar-refractivity contribution >= 4 is 29.9 Å². The zero-order chi connectivity index (χ0) is 16.5. The monoisotopic (exact) mass is 459 g/mol. The van der Waals surface area contributed by atoms with Gasteiger partial charge in [-0.3, -0.25) is 0 Å². The van der Waals surface area contributed by atoms with Crippen LogP contribution < -0.4 is 10.6 Å². The number of nitrogens with one attached hydrogen (secondary N) is 2. The number of aliphatic imine (C=N–C) groups is 1. The van der Waals surface area contributed by atoms with E-state index in [1.165, 1.54) is 51.6 Å². The minimum Gasteiger partial charge on any atom is -0.354 e. The highest BCUT2D eigenvalue weighted by Crippen LogP contribution is 2.29. The van der Waals surface area contributed by atoms with Gasteiger partial charge in [0, 0.05) is 38.3 Å². The number of aromatic nitrogens is 3. The minimum absolute atomic E-state index is 0. The topological polar surface area (TPSA) is 70.4 Å². The van der Waals surface area contributed by atoms with Crippen molar-refractivity contribution in [2.24, 2.45) is 12.0 Å². The summed E-state index contributed by atoms with van der Waals surface area (Å²) in [6.07, 6.45) is 7.75. The zero-order valence-corrected chi connectivity index (χ0v) is 17.6. The summed E-state index contributed by atoms with van der Waals surface area (Å²) in [7, 11) is 2.00. The average molecular weight is 459 g/mol. The Bertz CT molecular complexity index is 598. The molecule has 1 saturated heterocycles. The zero-order valence-electron chi connectivity index (χ0n) is 15.2. The van der Waals surface area contributed by atoms with Crippen molar-refractivity contribution < 1.29 is 0 Å². The Morgan fingerprint density at radius 1 is 1.04 bits per heavy atom. The van der Waals surface area contributed by atoms with Crippen molar-refractivity contribution in [2.75, 3.05) is 13.1 Å². The van der Waals surface area contributed by atoms with Crippen LogP contribution in [0.2, 0.25) is 0 Å². The maximum absolute atomic E-state index is 4.77. The van der Waals surface area contributed by atoms with Crippen LogP contribution in [-0.4, -0.2) is 56.8 Å². The molecular weight excluding hydrogens is 429 g/mol. The van der Waals surface area contributed by atoms with Crippen LogP contribution in [0, 0.1) is 6.92 Å². The lowest BCUT2D eigenvalue weighted by Crippen LogP contribution is -2.49. The van der Waals surface area contributed by atoms with Crippen molar-refractivity contribution in [1.29, 1.82) is 0 Å². The number of guanidine groups is 1. The van der Waals surface area contributed by atoms with Gasteiger partial charge in [-0.2, -0.15) is 0 Å². The predicted octanol–water partition coefficient (Wildman–Crippen LogP) is 1.57. The van der Waals surface area contributed by atoms with Gasteiger partial charge in [0.2, 0.25) is 0 Å². The molecule has 8 heteroatoms. The van der Waals surface area contributed by atoms with Crippen LogP contribution in [0.1, 0.15) is 50.2 Å². The van der Waals surface area contributed by atoms with Crippen LogP contribution in [0.5, 0.6) is 0 Å². The first-order chi connectivity index (χ1) is 11.7. The van der Waals surface area contributed by atoms with E-state index in [1.54, 1.807) is 0 Å². The molecular formula is C17H30IN7. The van der Waals surface area contributed by atoms with Gasteiger partial charge in [0.15, 0.2) is 11.8 Å². The molecule has 7 nitrogen and oxygen atoms in total. The summed E-state index contributed by atoms with van der Waals surface area (Å²) in [5.41, 5.74) is 0. The van der Waals surface area contributed by atoms with Gasteiger partial charge in [0.25, 0.3) is 0 Å². The highest BCUT2D eigenvalue weighted by molar-refractivity contribution is 14.0. The lowest BCUT2D eigenvalue weighted by atomic mass is 10.1. The van der Waals surface area contributed by atoms with Crippen LogP contribution in [0.3, 0.4) is 0 Å². The molecule has 2 N–H and O–H groups in total. The third-order valence-corrected chi connectivity index (χ3v) is 5.41. The summed E-state index contributed by atoms with van der Waals surface area (Å²) in [4.78, 5) is 7.42. The Morgan fingerprint density at radius 3 is 2.20 bits per heavy atom. The first kappa shape index (κ1) is 18.9. The summed E-state index contributed by atoms with van der Waals surface area (Å²) in [5, 5.41) is 15.5. The number of hydrogen-bond acceptors (Lipinski definition) is 4. The van der Waals surface area contributed by atoms with Gasteiger partial charge in [-0.25, -0.2) is 4.99 Å². The Morgan fingerprint density at radius 2 is 1.68 bits per heavy atom. The van der Waals surface area contributed by atoms with Crippen molar-refractivity contribution in [3.63, 3.8) is 0 Å². The molecule has 3 fully saturated rings. The van der Waals surface area contributed by atoms with E-state index < -0.39 is 0 Å². The van der Waals surface area contributed by atoms with E-state index in [0.29, 0.717) is 18.6 Å². The van der Waals surface area contributed by atoms with Crippen molar-refractivity contribution in [2.45, 2.75) is 70.1 Å². The summed E-state index contributed by atoms with van der Waals surface area (Å²) < 4.78 is 2.01. The molecule has 2 saturated carbocycles. The fourth-order valence-corrected chi connectivity index (χ4v) is 3.33. The first-order valence-corrected chi connectivity index (χ1v) is 9.35. The van der Waals surface area contributed by atoms with Crippen LogP contribution >= 0.6 is 24.0 Å². The molecule has 0 radical (unpaired) electrons.